The molecular weight excluding hydrogens is 444 g/mol. The van der Waals surface area contributed by atoms with Crippen molar-refractivity contribution in [1.29, 1.82) is 0 Å². The van der Waals surface area contributed by atoms with Crippen molar-refractivity contribution < 1.29 is 9.59 Å². The fourth-order valence-electron chi connectivity index (χ4n) is 3.23. The first kappa shape index (κ1) is 21.9. The van der Waals surface area contributed by atoms with Gasteiger partial charge in [0.15, 0.2) is 5.16 Å². The van der Waals surface area contributed by atoms with E-state index in [0.29, 0.717) is 23.3 Å². The molecule has 0 aliphatic carbocycles. The Morgan fingerprint density at radius 3 is 2.34 bits per heavy atom. The summed E-state index contributed by atoms with van der Waals surface area (Å²) in [7, 11) is 0. The number of aromatic nitrogens is 2. The highest BCUT2D eigenvalue weighted by Crippen LogP contribution is 2.27. The molecule has 0 saturated heterocycles. The number of halogens is 1. The van der Waals surface area contributed by atoms with Crippen LogP contribution in [0.3, 0.4) is 0 Å². The molecule has 0 aliphatic heterocycles. The van der Waals surface area contributed by atoms with Crippen LogP contribution in [0.4, 0.5) is 4.79 Å². The molecule has 8 heteroatoms. The highest BCUT2D eigenvalue weighted by atomic mass is 35.5. The lowest BCUT2D eigenvalue weighted by molar-refractivity contribution is -0.117. The van der Waals surface area contributed by atoms with Gasteiger partial charge >= 0.3 is 6.03 Å². The molecule has 32 heavy (non-hydrogen) atoms. The van der Waals surface area contributed by atoms with Crippen LogP contribution in [-0.4, -0.2) is 27.2 Å². The largest absolute Gasteiger partial charge is 0.334 e. The van der Waals surface area contributed by atoms with Crippen LogP contribution in [0.1, 0.15) is 11.1 Å². The first-order chi connectivity index (χ1) is 15.6. The summed E-state index contributed by atoms with van der Waals surface area (Å²) >= 11 is 7.41. The maximum atomic E-state index is 12.3. The molecule has 0 fully saturated rings. The summed E-state index contributed by atoms with van der Waals surface area (Å²) in [5, 5.41) is 6.34. The van der Waals surface area contributed by atoms with E-state index in [4.69, 9.17) is 11.6 Å². The molecule has 0 aliphatic rings. The summed E-state index contributed by atoms with van der Waals surface area (Å²) in [5.74, 6) is -0.332. The third kappa shape index (κ3) is 5.69. The second kappa shape index (κ2) is 10.3. The first-order valence-corrected chi connectivity index (χ1v) is 11.4. The molecule has 0 atom stereocenters. The Kier molecular flexibility index (Phi) is 7.09. The monoisotopic (exact) mass is 464 g/mol. The topological polar surface area (TPSA) is 76.0 Å². The molecule has 1 heterocycles. The number of imide groups is 1. The summed E-state index contributed by atoms with van der Waals surface area (Å²) in [6.45, 7) is 0.960. The third-order valence-corrected chi connectivity index (χ3v) is 5.95. The quantitative estimate of drug-likeness (QED) is 0.383. The molecule has 3 aromatic carbocycles. The lowest BCUT2D eigenvalue weighted by Gasteiger charge is -2.10. The molecule has 4 aromatic rings. The van der Waals surface area contributed by atoms with Gasteiger partial charge in [0.05, 0.1) is 23.3 Å². The van der Waals surface area contributed by atoms with Crippen molar-refractivity contribution in [2.24, 2.45) is 0 Å². The van der Waals surface area contributed by atoms with Crippen molar-refractivity contribution in [3.05, 3.63) is 95.0 Å². The van der Waals surface area contributed by atoms with Gasteiger partial charge in [-0.05, 0) is 29.3 Å². The van der Waals surface area contributed by atoms with E-state index < -0.39 is 11.9 Å². The van der Waals surface area contributed by atoms with Crippen LogP contribution in [0.15, 0.2) is 84.0 Å². The van der Waals surface area contributed by atoms with E-state index in [1.165, 1.54) is 11.8 Å². The number of nitrogens with one attached hydrogen (secondary N) is 2. The molecule has 2 N–H and O–H groups in total. The van der Waals surface area contributed by atoms with Crippen molar-refractivity contribution in [3.8, 4) is 0 Å². The van der Waals surface area contributed by atoms with Crippen LogP contribution in [0.25, 0.3) is 11.0 Å². The second-order valence-electron chi connectivity index (χ2n) is 7.10. The normalized spacial score (nSPS) is 10.8. The number of urea groups is 1. The predicted octanol–water partition coefficient (Wildman–Crippen LogP) is 4.86. The van der Waals surface area contributed by atoms with Crippen LogP contribution < -0.4 is 10.6 Å². The SMILES string of the molecule is O=C(CSc1nc2cc(Cl)ccc2n1Cc1ccccc1)NC(=O)NCc1ccccc1. The number of benzene rings is 3. The Morgan fingerprint density at radius 2 is 1.62 bits per heavy atom. The molecule has 0 unspecified atom stereocenters. The lowest BCUT2D eigenvalue weighted by Crippen LogP contribution is -2.40. The Labute approximate surface area is 195 Å². The van der Waals surface area contributed by atoms with E-state index in [9.17, 15) is 9.59 Å². The minimum Gasteiger partial charge on any atom is -0.334 e. The molecular formula is C24H21ClN4O2S. The zero-order chi connectivity index (χ0) is 22.3. The van der Waals surface area contributed by atoms with Crippen molar-refractivity contribution in [2.45, 2.75) is 18.2 Å². The van der Waals surface area contributed by atoms with Gasteiger partial charge in [0.1, 0.15) is 0 Å². The Balaban J connectivity index is 1.41. The maximum absolute atomic E-state index is 12.3. The van der Waals surface area contributed by atoms with Crippen LogP contribution in [0.5, 0.6) is 0 Å². The number of carbonyl (C=O) groups excluding carboxylic acids is 2. The van der Waals surface area contributed by atoms with Crippen LogP contribution in [0.2, 0.25) is 5.02 Å². The lowest BCUT2D eigenvalue weighted by atomic mass is 10.2. The average Bonchev–Trinajstić information content (AvgIpc) is 3.14. The van der Waals surface area contributed by atoms with E-state index in [1.54, 1.807) is 6.07 Å². The number of rotatable bonds is 7. The van der Waals surface area contributed by atoms with E-state index in [2.05, 4.69) is 20.2 Å². The molecule has 3 amide bonds. The third-order valence-electron chi connectivity index (χ3n) is 4.74. The van der Waals surface area contributed by atoms with Gasteiger partial charge in [-0.25, -0.2) is 9.78 Å². The highest BCUT2D eigenvalue weighted by molar-refractivity contribution is 7.99. The van der Waals surface area contributed by atoms with Crippen LogP contribution >= 0.6 is 23.4 Å². The predicted molar refractivity (Wildman–Crippen MR) is 128 cm³/mol. The summed E-state index contributed by atoms with van der Waals surface area (Å²) < 4.78 is 2.05. The molecule has 0 saturated carbocycles. The summed E-state index contributed by atoms with van der Waals surface area (Å²) in [6, 6.07) is 24.6. The van der Waals surface area contributed by atoms with E-state index in [-0.39, 0.29) is 5.75 Å². The maximum Gasteiger partial charge on any atom is 0.321 e. The van der Waals surface area contributed by atoms with Gasteiger partial charge in [-0.3, -0.25) is 10.1 Å². The number of thioether (sulfide) groups is 1. The minimum absolute atomic E-state index is 0.0601. The molecule has 0 spiro atoms. The fourth-order valence-corrected chi connectivity index (χ4v) is 4.21. The standard InChI is InChI=1S/C24H21ClN4O2S/c25-19-11-12-21-20(13-19)27-24(29(21)15-18-9-5-2-6-10-18)32-16-22(30)28-23(31)26-14-17-7-3-1-4-8-17/h1-13H,14-16H2,(H2,26,28,30,31). The van der Waals surface area contributed by atoms with Gasteiger partial charge in [0.2, 0.25) is 5.91 Å². The molecule has 6 nitrogen and oxygen atoms in total. The molecule has 4 rings (SSSR count). The highest BCUT2D eigenvalue weighted by Gasteiger charge is 2.15. The smallest absolute Gasteiger partial charge is 0.321 e. The van der Waals surface area contributed by atoms with Crippen molar-refractivity contribution in [3.63, 3.8) is 0 Å². The Morgan fingerprint density at radius 1 is 0.938 bits per heavy atom. The number of nitrogens with zero attached hydrogens (tertiary/aromatic N) is 2. The summed E-state index contributed by atoms with van der Waals surface area (Å²) in [4.78, 5) is 29.0. The van der Waals surface area contributed by atoms with E-state index in [1.807, 2.05) is 72.8 Å². The molecule has 1 aromatic heterocycles. The van der Waals surface area contributed by atoms with Gasteiger partial charge < -0.3 is 9.88 Å². The Bertz CT molecular complexity index is 1230. The fraction of sp³-hybridized carbons (Fsp3) is 0.125. The van der Waals surface area contributed by atoms with Crippen molar-refractivity contribution in [1.82, 2.24) is 20.2 Å². The average molecular weight is 465 g/mol. The number of hydrogen-bond donors (Lipinski definition) is 2. The minimum atomic E-state index is -0.524. The van der Waals surface area contributed by atoms with Crippen LogP contribution in [-0.2, 0) is 17.9 Å². The van der Waals surface area contributed by atoms with E-state index in [0.717, 1.165) is 22.2 Å². The molecule has 0 bridgehead atoms. The number of amides is 3. The first-order valence-electron chi connectivity index (χ1n) is 10.0. The van der Waals surface area contributed by atoms with Gasteiger partial charge in [0, 0.05) is 11.6 Å². The van der Waals surface area contributed by atoms with E-state index >= 15 is 0 Å². The zero-order valence-electron chi connectivity index (χ0n) is 17.1. The summed E-state index contributed by atoms with van der Waals surface area (Å²) in [6.07, 6.45) is 0. The zero-order valence-corrected chi connectivity index (χ0v) is 18.7. The van der Waals surface area contributed by atoms with Crippen molar-refractivity contribution >= 4 is 46.3 Å². The Hall–Kier alpha value is -3.29. The molecule has 0 radical (unpaired) electrons. The number of fused-ring (bicyclic) bond motifs is 1. The van der Waals surface area contributed by atoms with Gasteiger partial charge in [-0.15, -0.1) is 0 Å². The second-order valence-corrected chi connectivity index (χ2v) is 8.48. The van der Waals surface area contributed by atoms with Gasteiger partial charge in [-0.1, -0.05) is 84.0 Å². The number of carbonyl (C=O) groups is 2. The number of imidazole rings is 1. The van der Waals surface area contributed by atoms with Gasteiger partial charge in [-0.2, -0.15) is 0 Å². The van der Waals surface area contributed by atoms with Crippen molar-refractivity contribution in [2.75, 3.05) is 5.75 Å². The van der Waals surface area contributed by atoms with Crippen LogP contribution in [0, 0.1) is 0 Å². The number of hydrogen-bond acceptors (Lipinski definition) is 4. The summed E-state index contributed by atoms with van der Waals surface area (Å²) in [5.41, 5.74) is 3.77. The van der Waals surface area contributed by atoms with Gasteiger partial charge in [0.25, 0.3) is 0 Å². The molecule has 162 valence electrons.